The summed E-state index contributed by atoms with van der Waals surface area (Å²) in [5.41, 5.74) is 2.95. The topological polar surface area (TPSA) is 56.0 Å². The van der Waals surface area contributed by atoms with E-state index in [-0.39, 0.29) is 6.29 Å². The van der Waals surface area contributed by atoms with E-state index >= 15 is 0 Å². The zero-order valence-electron chi connectivity index (χ0n) is 6.30. The molecule has 0 atom stereocenters. The molecule has 0 aliphatic rings. The molecule has 1 heterocycles. The summed E-state index contributed by atoms with van der Waals surface area (Å²) in [4.78, 5) is 13.4. The third-order valence-corrected chi connectivity index (χ3v) is 1.44. The van der Waals surface area contributed by atoms with E-state index in [0.717, 1.165) is 6.20 Å². The highest BCUT2D eigenvalue weighted by molar-refractivity contribution is 5.73. The van der Waals surface area contributed by atoms with Gasteiger partial charge in [0.25, 0.3) is 6.43 Å². The van der Waals surface area contributed by atoms with Gasteiger partial charge in [0.1, 0.15) is 5.69 Å². The van der Waals surface area contributed by atoms with Gasteiger partial charge in [-0.3, -0.25) is 4.79 Å². The molecule has 1 aromatic rings. The molecule has 3 nitrogen and oxygen atoms in total. The van der Waals surface area contributed by atoms with Crippen molar-refractivity contribution in [3.05, 3.63) is 23.3 Å². The van der Waals surface area contributed by atoms with Gasteiger partial charge in [0.15, 0.2) is 12.1 Å². The molecule has 0 bridgehead atoms. The Labute approximate surface area is 71.4 Å². The van der Waals surface area contributed by atoms with Gasteiger partial charge in [-0.2, -0.15) is 0 Å². The number of carbonyl (C=O) groups is 1. The molecule has 0 aliphatic carbocycles. The fourth-order valence-electron chi connectivity index (χ4n) is 0.834. The van der Waals surface area contributed by atoms with Crippen molar-refractivity contribution in [2.24, 2.45) is 0 Å². The largest absolute Gasteiger partial charge is 0.397 e. The molecule has 0 unspecified atom stereocenters. The third-order valence-electron chi connectivity index (χ3n) is 1.44. The van der Waals surface area contributed by atoms with E-state index in [1.54, 1.807) is 0 Å². The predicted molar refractivity (Wildman–Crippen MR) is 39.0 cm³/mol. The molecule has 70 valence electrons. The summed E-state index contributed by atoms with van der Waals surface area (Å²) in [5, 5.41) is 0. The van der Waals surface area contributed by atoms with Crippen LogP contribution in [-0.2, 0) is 0 Å². The number of alkyl halides is 2. The molecule has 0 radical (unpaired) electrons. The zero-order chi connectivity index (χ0) is 10.0. The van der Waals surface area contributed by atoms with Crippen LogP contribution in [0.5, 0.6) is 0 Å². The normalized spacial score (nSPS) is 10.5. The number of nitrogens with zero attached hydrogens (tertiary/aromatic N) is 1. The van der Waals surface area contributed by atoms with Crippen molar-refractivity contribution in [2.45, 2.75) is 6.43 Å². The second-order valence-corrected chi connectivity index (χ2v) is 2.24. The van der Waals surface area contributed by atoms with E-state index in [1.165, 1.54) is 0 Å². The molecule has 0 amide bonds. The zero-order valence-corrected chi connectivity index (χ0v) is 6.30. The Bertz CT molecular complexity index is 341. The van der Waals surface area contributed by atoms with Crippen molar-refractivity contribution in [1.29, 1.82) is 0 Å². The summed E-state index contributed by atoms with van der Waals surface area (Å²) >= 11 is 0. The van der Waals surface area contributed by atoms with Crippen LogP contribution in [0, 0.1) is 5.82 Å². The number of nitrogen functional groups attached to an aromatic ring is 1. The molecule has 0 aromatic carbocycles. The SMILES string of the molecule is Nc1cnc(C=O)c(F)c1C(F)F. The average Bonchev–Trinajstić information content (AvgIpc) is 2.04. The average molecular weight is 190 g/mol. The Morgan fingerprint density at radius 3 is 2.62 bits per heavy atom. The lowest BCUT2D eigenvalue weighted by Gasteiger charge is -2.05. The van der Waals surface area contributed by atoms with Gasteiger partial charge in [-0.05, 0) is 0 Å². The monoisotopic (exact) mass is 190 g/mol. The molecule has 0 saturated heterocycles. The van der Waals surface area contributed by atoms with Crippen LogP contribution in [0.15, 0.2) is 6.20 Å². The lowest BCUT2D eigenvalue weighted by Crippen LogP contribution is -2.04. The molecule has 0 saturated carbocycles. The second kappa shape index (κ2) is 3.42. The number of rotatable bonds is 2. The van der Waals surface area contributed by atoms with Gasteiger partial charge in [-0.25, -0.2) is 18.2 Å². The van der Waals surface area contributed by atoms with Crippen LogP contribution in [0.4, 0.5) is 18.9 Å². The van der Waals surface area contributed by atoms with Gasteiger partial charge in [0, 0.05) is 0 Å². The number of aldehydes is 1. The summed E-state index contributed by atoms with van der Waals surface area (Å²) in [7, 11) is 0. The van der Waals surface area contributed by atoms with Crippen molar-refractivity contribution in [1.82, 2.24) is 4.98 Å². The summed E-state index contributed by atoms with van der Waals surface area (Å²) < 4.78 is 37.2. The molecular weight excluding hydrogens is 185 g/mol. The van der Waals surface area contributed by atoms with Crippen LogP contribution in [0.25, 0.3) is 0 Å². The van der Waals surface area contributed by atoms with Gasteiger partial charge in [-0.1, -0.05) is 0 Å². The van der Waals surface area contributed by atoms with Crippen molar-refractivity contribution < 1.29 is 18.0 Å². The molecule has 0 aliphatic heterocycles. The van der Waals surface area contributed by atoms with E-state index < -0.39 is 29.2 Å². The summed E-state index contributed by atoms with van der Waals surface area (Å²) in [6, 6.07) is 0. The molecule has 1 rings (SSSR count). The van der Waals surface area contributed by atoms with Gasteiger partial charge >= 0.3 is 0 Å². The van der Waals surface area contributed by atoms with E-state index in [9.17, 15) is 18.0 Å². The molecule has 13 heavy (non-hydrogen) atoms. The van der Waals surface area contributed by atoms with Crippen LogP contribution >= 0.6 is 0 Å². The highest BCUT2D eigenvalue weighted by Crippen LogP contribution is 2.27. The minimum atomic E-state index is -3.05. The molecule has 6 heteroatoms. The number of pyridine rings is 1. The Morgan fingerprint density at radius 2 is 2.15 bits per heavy atom. The number of hydrogen-bond donors (Lipinski definition) is 1. The van der Waals surface area contributed by atoms with Crippen LogP contribution < -0.4 is 5.73 Å². The lowest BCUT2D eigenvalue weighted by atomic mass is 10.2. The molecule has 2 N–H and O–H groups in total. The number of anilines is 1. The fourth-order valence-corrected chi connectivity index (χ4v) is 0.834. The number of hydrogen-bond acceptors (Lipinski definition) is 3. The molecular formula is C7H5F3N2O. The Kier molecular flexibility index (Phi) is 2.50. The van der Waals surface area contributed by atoms with Crippen molar-refractivity contribution in [3.8, 4) is 0 Å². The van der Waals surface area contributed by atoms with E-state index in [4.69, 9.17) is 5.73 Å². The maximum absolute atomic E-state index is 12.9. The maximum atomic E-state index is 12.9. The van der Waals surface area contributed by atoms with Gasteiger partial charge in [0.2, 0.25) is 0 Å². The first-order valence-corrected chi connectivity index (χ1v) is 3.25. The number of nitrogens with two attached hydrogens (primary N) is 1. The van der Waals surface area contributed by atoms with E-state index in [2.05, 4.69) is 4.98 Å². The number of halogens is 3. The maximum Gasteiger partial charge on any atom is 0.268 e. The highest BCUT2D eigenvalue weighted by atomic mass is 19.3. The predicted octanol–water partition coefficient (Wildman–Crippen LogP) is 1.55. The number of aromatic nitrogens is 1. The fraction of sp³-hybridized carbons (Fsp3) is 0.143. The summed E-state index contributed by atoms with van der Waals surface area (Å²) in [6.07, 6.45) is -2.17. The smallest absolute Gasteiger partial charge is 0.268 e. The summed E-state index contributed by atoms with van der Waals surface area (Å²) in [5.74, 6) is -1.36. The van der Waals surface area contributed by atoms with Crippen LogP contribution in [0.1, 0.15) is 22.5 Å². The summed E-state index contributed by atoms with van der Waals surface area (Å²) in [6.45, 7) is 0. The standard InChI is InChI=1S/C7H5F3N2O/c8-6-4(2-13)12-1-3(11)5(6)7(9)10/h1-2,7H,11H2. The molecule has 0 fully saturated rings. The minimum absolute atomic E-state index is 0.0562. The van der Waals surface area contributed by atoms with Crippen LogP contribution in [-0.4, -0.2) is 11.3 Å². The van der Waals surface area contributed by atoms with E-state index in [0.29, 0.717) is 0 Å². The van der Waals surface area contributed by atoms with Crippen LogP contribution in [0.3, 0.4) is 0 Å². The molecule has 1 aromatic heterocycles. The minimum Gasteiger partial charge on any atom is -0.397 e. The lowest BCUT2D eigenvalue weighted by molar-refractivity contribution is 0.111. The number of carbonyl (C=O) groups excluding carboxylic acids is 1. The van der Waals surface area contributed by atoms with Crippen molar-refractivity contribution in [2.75, 3.05) is 5.73 Å². The van der Waals surface area contributed by atoms with E-state index in [1.807, 2.05) is 0 Å². The van der Waals surface area contributed by atoms with Gasteiger partial charge < -0.3 is 5.73 Å². The first-order valence-electron chi connectivity index (χ1n) is 3.25. The van der Waals surface area contributed by atoms with Crippen molar-refractivity contribution >= 4 is 12.0 Å². The Hall–Kier alpha value is -1.59. The molecule has 0 spiro atoms. The first kappa shape index (κ1) is 9.50. The van der Waals surface area contributed by atoms with Gasteiger partial charge in [0.05, 0.1) is 17.4 Å². The third kappa shape index (κ3) is 1.61. The highest BCUT2D eigenvalue weighted by Gasteiger charge is 2.20. The van der Waals surface area contributed by atoms with Crippen molar-refractivity contribution in [3.63, 3.8) is 0 Å². The van der Waals surface area contributed by atoms with Gasteiger partial charge in [-0.15, -0.1) is 0 Å². The quantitative estimate of drug-likeness (QED) is 0.720. The Morgan fingerprint density at radius 1 is 1.54 bits per heavy atom. The van der Waals surface area contributed by atoms with Crippen LogP contribution in [0.2, 0.25) is 0 Å². The Balaban J connectivity index is 3.38. The first-order chi connectivity index (χ1) is 6.07. The second-order valence-electron chi connectivity index (χ2n) is 2.24.